The van der Waals surface area contributed by atoms with E-state index in [1.165, 1.54) is 24.3 Å². The van der Waals surface area contributed by atoms with Gasteiger partial charge in [0.1, 0.15) is 25.1 Å². The highest BCUT2D eigenvalue weighted by atomic mass is 16.3. The van der Waals surface area contributed by atoms with Gasteiger partial charge in [0, 0.05) is 6.07 Å². The normalized spacial score (nSPS) is 10.9. The van der Waals surface area contributed by atoms with Gasteiger partial charge in [0.2, 0.25) is 0 Å². The number of phenols is 3. The molecule has 0 amide bonds. The number of hydrogen-bond acceptors (Lipinski definition) is 3. The molecule has 0 saturated heterocycles. The first-order valence-electron chi connectivity index (χ1n) is 5.34. The van der Waals surface area contributed by atoms with E-state index in [-0.39, 0.29) is 17.2 Å². The van der Waals surface area contributed by atoms with Crippen LogP contribution in [0.15, 0.2) is 36.4 Å². The summed E-state index contributed by atoms with van der Waals surface area (Å²) in [5.74, 6) is 0.0434. The van der Waals surface area contributed by atoms with Crippen LogP contribution in [0.5, 0.6) is 17.2 Å². The van der Waals surface area contributed by atoms with Crippen molar-refractivity contribution in [3.05, 3.63) is 47.5 Å². The van der Waals surface area contributed by atoms with E-state index in [4.69, 9.17) is 7.85 Å². The van der Waals surface area contributed by atoms with Crippen LogP contribution in [-0.4, -0.2) is 23.2 Å². The molecule has 0 unspecified atom stereocenters. The molecular formula is C14H11BO3. The van der Waals surface area contributed by atoms with Gasteiger partial charge in [-0.15, -0.1) is 0 Å². The van der Waals surface area contributed by atoms with E-state index >= 15 is 0 Å². The monoisotopic (exact) mass is 238 g/mol. The summed E-state index contributed by atoms with van der Waals surface area (Å²) in [6, 6.07) is 9.17. The average molecular weight is 238 g/mol. The van der Waals surface area contributed by atoms with E-state index in [9.17, 15) is 15.3 Å². The third-order valence-electron chi connectivity index (χ3n) is 2.44. The van der Waals surface area contributed by atoms with Crippen LogP contribution in [0.2, 0.25) is 0 Å². The quantitative estimate of drug-likeness (QED) is 0.551. The minimum atomic E-state index is -0.000120. The third kappa shape index (κ3) is 2.85. The van der Waals surface area contributed by atoms with Crippen LogP contribution >= 0.6 is 0 Å². The van der Waals surface area contributed by atoms with E-state index < -0.39 is 0 Å². The van der Waals surface area contributed by atoms with E-state index in [2.05, 4.69) is 0 Å². The van der Waals surface area contributed by atoms with Crippen molar-refractivity contribution < 1.29 is 15.3 Å². The highest BCUT2D eigenvalue weighted by Crippen LogP contribution is 2.22. The molecule has 18 heavy (non-hydrogen) atoms. The first-order valence-corrected chi connectivity index (χ1v) is 5.34. The second kappa shape index (κ2) is 4.88. The smallest absolute Gasteiger partial charge is 0.119 e. The fraction of sp³-hybridized carbons (Fsp3) is 0. The van der Waals surface area contributed by atoms with Crippen molar-refractivity contribution in [3.8, 4) is 17.2 Å². The van der Waals surface area contributed by atoms with Gasteiger partial charge in [-0.2, -0.15) is 0 Å². The molecule has 0 atom stereocenters. The third-order valence-corrected chi connectivity index (χ3v) is 2.44. The molecule has 88 valence electrons. The first-order chi connectivity index (χ1) is 8.54. The number of rotatable bonds is 2. The van der Waals surface area contributed by atoms with Crippen LogP contribution < -0.4 is 5.46 Å². The molecule has 0 heterocycles. The molecule has 0 aliphatic rings. The number of hydrogen-bond donors (Lipinski definition) is 3. The van der Waals surface area contributed by atoms with Gasteiger partial charge in [-0.05, 0) is 29.3 Å². The topological polar surface area (TPSA) is 60.7 Å². The Morgan fingerprint density at radius 3 is 2.00 bits per heavy atom. The Balaban J connectivity index is 2.27. The summed E-state index contributed by atoms with van der Waals surface area (Å²) in [6.07, 6.45) is 3.50. The summed E-state index contributed by atoms with van der Waals surface area (Å²) in [6.45, 7) is 0. The highest BCUT2D eigenvalue weighted by Gasteiger charge is 1.97. The van der Waals surface area contributed by atoms with Gasteiger partial charge >= 0.3 is 0 Å². The van der Waals surface area contributed by atoms with Crippen LogP contribution in [0, 0.1) is 0 Å². The Hall–Kier alpha value is -2.36. The van der Waals surface area contributed by atoms with Crippen LogP contribution in [0.1, 0.15) is 11.1 Å². The van der Waals surface area contributed by atoms with Gasteiger partial charge in [-0.3, -0.25) is 0 Å². The molecule has 2 radical (unpaired) electrons. The number of benzene rings is 2. The summed E-state index contributed by atoms with van der Waals surface area (Å²) in [5.41, 5.74) is 1.78. The molecule has 0 fully saturated rings. The van der Waals surface area contributed by atoms with Gasteiger partial charge in [0.05, 0.1) is 0 Å². The Kier molecular flexibility index (Phi) is 3.28. The molecule has 0 saturated carbocycles. The molecule has 2 aromatic carbocycles. The molecule has 2 rings (SSSR count). The van der Waals surface area contributed by atoms with Crippen molar-refractivity contribution in [2.45, 2.75) is 0 Å². The highest BCUT2D eigenvalue weighted by molar-refractivity contribution is 6.34. The predicted octanol–water partition coefficient (Wildman–Crippen LogP) is 1.77. The Labute approximate surface area is 106 Å². The maximum Gasteiger partial charge on any atom is 0.119 e. The second-order valence-electron chi connectivity index (χ2n) is 3.93. The summed E-state index contributed by atoms with van der Waals surface area (Å²) >= 11 is 0. The molecule has 3 nitrogen and oxygen atoms in total. The second-order valence-corrected chi connectivity index (χ2v) is 3.93. The lowest BCUT2D eigenvalue weighted by Gasteiger charge is -2.01. The summed E-state index contributed by atoms with van der Waals surface area (Å²) in [4.78, 5) is 0. The summed E-state index contributed by atoms with van der Waals surface area (Å²) in [7, 11) is 5.57. The van der Waals surface area contributed by atoms with E-state index in [1.54, 1.807) is 24.3 Å². The zero-order valence-electron chi connectivity index (χ0n) is 9.54. The Morgan fingerprint density at radius 2 is 1.39 bits per heavy atom. The van der Waals surface area contributed by atoms with Crippen molar-refractivity contribution in [1.82, 2.24) is 0 Å². The van der Waals surface area contributed by atoms with Crippen molar-refractivity contribution in [1.29, 1.82) is 0 Å². The fourth-order valence-corrected chi connectivity index (χ4v) is 1.58. The minimum Gasteiger partial charge on any atom is -0.509 e. The summed E-state index contributed by atoms with van der Waals surface area (Å²) < 4.78 is 0. The first kappa shape index (κ1) is 12.1. The van der Waals surface area contributed by atoms with Crippen LogP contribution in [0.25, 0.3) is 12.2 Å². The molecule has 0 aliphatic carbocycles. The minimum absolute atomic E-state index is 0.000120. The molecule has 0 aliphatic heterocycles. The van der Waals surface area contributed by atoms with Gasteiger partial charge < -0.3 is 15.3 Å². The van der Waals surface area contributed by atoms with Crippen LogP contribution in [0.4, 0.5) is 0 Å². The molecule has 0 aromatic heterocycles. The van der Waals surface area contributed by atoms with Crippen LogP contribution in [0.3, 0.4) is 0 Å². The maximum atomic E-state index is 9.32. The lowest BCUT2D eigenvalue weighted by Crippen LogP contribution is -2.02. The summed E-state index contributed by atoms with van der Waals surface area (Å²) in [5, 5.41) is 27.9. The largest absolute Gasteiger partial charge is 0.509 e. The van der Waals surface area contributed by atoms with Gasteiger partial charge in [-0.1, -0.05) is 29.7 Å². The SMILES string of the molecule is [B]c1cc(C=Cc2cc(O)cc(O)c2)ccc1O. The number of aromatic hydroxyl groups is 3. The zero-order valence-corrected chi connectivity index (χ0v) is 9.54. The van der Waals surface area contributed by atoms with Crippen LogP contribution in [-0.2, 0) is 0 Å². The van der Waals surface area contributed by atoms with E-state index in [1.807, 2.05) is 0 Å². The molecule has 2 aromatic rings. The predicted molar refractivity (Wildman–Crippen MR) is 72.2 cm³/mol. The number of phenolic OH excluding ortho intramolecular Hbond substituents is 3. The van der Waals surface area contributed by atoms with Crippen molar-refractivity contribution in [2.24, 2.45) is 0 Å². The fourth-order valence-electron chi connectivity index (χ4n) is 1.58. The molecule has 0 spiro atoms. The molecule has 0 bridgehead atoms. The Bertz CT molecular complexity index is 586. The molecule has 4 heteroatoms. The van der Waals surface area contributed by atoms with Crippen molar-refractivity contribution in [3.63, 3.8) is 0 Å². The lowest BCUT2D eigenvalue weighted by molar-refractivity contribution is 0.450. The van der Waals surface area contributed by atoms with Crippen molar-refractivity contribution in [2.75, 3.05) is 0 Å². The van der Waals surface area contributed by atoms with Crippen molar-refractivity contribution >= 4 is 25.5 Å². The average Bonchev–Trinajstić information content (AvgIpc) is 2.29. The Morgan fingerprint density at radius 1 is 0.778 bits per heavy atom. The zero-order chi connectivity index (χ0) is 13.1. The maximum absolute atomic E-state index is 9.32. The molecular weight excluding hydrogens is 227 g/mol. The van der Waals surface area contributed by atoms with Gasteiger partial charge in [-0.25, -0.2) is 0 Å². The van der Waals surface area contributed by atoms with E-state index in [0.29, 0.717) is 11.0 Å². The lowest BCUT2D eigenvalue weighted by atomic mass is 9.93. The molecule has 3 N–H and O–H groups in total. The van der Waals surface area contributed by atoms with Gasteiger partial charge in [0.25, 0.3) is 0 Å². The van der Waals surface area contributed by atoms with Gasteiger partial charge in [0.15, 0.2) is 0 Å². The standard InChI is InChI=1S/C14H11BO3/c15-13-7-9(3-4-14(13)18)1-2-10-5-11(16)8-12(17)6-10/h1-8,16-18H. The van der Waals surface area contributed by atoms with E-state index in [0.717, 1.165) is 5.56 Å².